The third-order valence-corrected chi connectivity index (χ3v) is 5.08. The van der Waals surface area contributed by atoms with Gasteiger partial charge >= 0.3 is 0 Å². The lowest BCUT2D eigenvalue weighted by Crippen LogP contribution is -2.41. The number of benzene rings is 1. The molecule has 1 aromatic carbocycles. The van der Waals surface area contributed by atoms with Gasteiger partial charge < -0.3 is 4.90 Å². The molecule has 0 aliphatic carbocycles. The van der Waals surface area contributed by atoms with Crippen LogP contribution < -0.4 is 0 Å². The summed E-state index contributed by atoms with van der Waals surface area (Å²) in [5.41, 5.74) is 2.10. The molecule has 1 aliphatic heterocycles. The van der Waals surface area contributed by atoms with Crippen LogP contribution in [0.3, 0.4) is 0 Å². The summed E-state index contributed by atoms with van der Waals surface area (Å²) >= 11 is 6.02. The van der Waals surface area contributed by atoms with Crippen LogP contribution >= 0.6 is 11.6 Å². The number of pyridine rings is 1. The van der Waals surface area contributed by atoms with E-state index in [1.54, 1.807) is 6.20 Å². The molecule has 0 spiro atoms. The molecular formula is C20H23ClN2O. The Balaban J connectivity index is 1.83. The molecule has 1 aromatic heterocycles. The van der Waals surface area contributed by atoms with Crippen molar-refractivity contribution in [2.45, 2.75) is 32.1 Å². The SMILES string of the molecule is CC1CCN(C(=O)C(Cc2cccnc2)c2ccc(Cl)cc2)CC1. The summed E-state index contributed by atoms with van der Waals surface area (Å²) < 4.78 is 0. The van der Waals surface area contributed by atoms with E-state index < -0.39 is 0 Å². The number of carbonyl (C=O) groups is 1. The lowest BCUT2D eigenvalue weighted by atomic mass is 9.90. The zero-order valence-electron chi connectivity index (χ0n) is 14.0. The molecule has 1 saturated heterocycles. The number of hydrogen-bond donors (Lipinski definition) is 0. The fourth-order valence-corrected chi connectivity index (χ4v) is 3.37. The lowest BCUT2D eigenvalue weighted by molar-refractivity contribution is -0.134. The predicted molar refractivity (Wildman–Crippen MR) is 97.1 cm³/mol. The number of carbonyl (C=O) groups excluding carboxylic acids is 1. The first kappa shape index (κ1) is 17.0. The molecule has 1 amide bonds. The molecule has 0 N–H and O–H groups in total. The minimum Gasteiger partial charge on any atom is -0.342 e. The van der Waals surface area contributed by atoms with E-state index in [1.165, 1.54) is 0 Å². The van der Waals surface area contributed by atoms with Crippen molar-refractivity contribution in [3.8, 4) is 0 Å². The predicted octanol–water partition coefficient (Wildman–Crippen LogP) is 4.32. The number of nitrogens with zero attached hydrogens (tertiary/aromatic N) is 2. The van der Waals surface area contributed by atoms with Crippen LogP contribution in [0.25, 0.3) is 0 Å². The first-order valence-electron chi connectivity index (χ1n) is 8.56. The standard InChI is InChI=1S/C20H23ClN2O/c1-15-8-11-23(12-9-15)20(24)19(13-16-3-2-10-22-14-16)17-4-6-18(21)7-5-17/h2-7,10,14-15,19H,8-9,11-13H2,1H3. The van der Waals surface area contributed by atoms with Gasteiger partial charge in [-0.2, -0.15) is 0 Å². The number of halogens is 1. The molecule has 4 heteroatoms. The van der Waals surface area contributed by atoms with E-state index in [0.29, 0.717) is 17.4 Å². The molecule has 3 nitrogen and oxygen atoms in total. The maximum Gasteiger partial charge on any atom is 0.230 e. The van der Waals surface area contributed by atoms with Crippen LogP contribution in [0.1, 0.15) is 36.8 Å². The molecule has 0 bridgehead atoms. The van der Waals surface area contributed by atoms with Crippen molar-refractivity contribution >= 4 is 17.5 Å². The zero-order valence-corrected chi connectivity index (χ0v) is 14.7. The molecule has 1 atom stereocenters. The second kappa shape index (κ2) is 7.80. The third-order valence-electron chi connectivity index (χ3n) is 4.83. The first-order valence-corrected chi connectivity index (χ1v) is 8.94. The van der Waals surface area contributed by atoms with Gasteiger partial charge in [0.05, 0.1) is 5.92 Å². The summed E-state index contributed by atoms with van der Waals surface area (Å²) in [7, 11) is 0. The summed E-state index contributed by atoms with van der Waals surface area (Å²) in [6.07, 6.45) is 6.45. The Morgan fingerprint density at radius 1 is 1.25 bits per heavy atom. The van der Waals surface area contributed by atoms with Crippen molar-refractivity contribution in [1.29, 1.82) is 0 Å². The molecule has 0 saturated carbocycles. The molecule has 3 rings (SSSR count). The van der Waals surface area contributed by atoms with E-state index in [4.69, 9.17) is 11.6 Å². The summed E-state index contributed by atoms with van der Waals surface area (Å²) in [5.74, 6) is 0.745. The quantitative estimate of drug-likeness (QED) is 0.829. The molecule has 24 heavy (non-hydrogen) atoms. The average molecular weight is 343 g/mol. The van der Waals surface area contributed by atoms with Gasteiger partial charge in [-0.05, 0) is 54.5 Å². The van der Waals surface area contributed by atoms with Gasteiger partial charge in [0.1, 0.15) is 0 Å². The van der Waals surface area contributed by atoms with Crippen LogP contribution in [-0.2, 0) is 11.2 Å². The average Bonchev–Trinajstić information content (AvgIpc) is 2.62. The van der Waals surface area contributed by atoms with E-state index in [9.17, 15) is 4.79 Å². The summed E-state index contributed by atoms with van der Waals surface area (Å²) in [5, 5.41) is 0.693. The lowest BCUT2D eigenvalue weighted by Gasteiger charge is -2.33. The Labute approximate surface area is 148 Å². The maximum atomic E-state index is 13.2. The molecule has 1 fully saturated rings. The Morgan fingerprint density at radius 2 is 1.96 bits per heavy atom. The van der Waals surface area contributed by atoms with E-state index >= 15 is 0 Å². The van der Waals surface area contributed by atoms with E-state index in [-0.39, 0.29) is 11.8 Å². The van der Waals surface area contributed by atoms with Crippen LogP contribution in [0.2, 0.25) is 5.02 Å². The first-order chi connectivity index (χ1) is 11.6. The largest absolute Gasteiger partial charge is 0.342 e. The number of likely N-dealkylation sites (tertiary alicyclic amines) is 1. The van der Waals surface area contributed by atoms with Crippen LogP contribution in [0.5, 0.6) is 0 Å². The Hall–Kier alpha value is -1.87. The smallest absolute Gasteiger partial charge is 0.230 e. The van der Waals surface area contributed by atoms with Gasteiger partial charge in [-0.25, -0.2) is 0 Å². The van der Waals surface area contributed by atoms with Gasteiger partial charge in [0.2, 0.25) is 5.91 Å². The van der Waals surface area contributed by atoms with E-state index in [2.05, 4.69) is 11.9 Å². The number of amides is 1. The van der Waals surface area contributed by atoms with Gasteiger partial charge in [0.25, 0.3) is 0 Å². The minimum atomic E-state index is -0.181. The monoisotopic (exact) mass is 342 g/mol. The minimum absolute atomic E-state index is 0.181. The number of piperidine rings is 1. The number of hydrogen-bond acceptors (Lipinski definition) is 2. The van der Waals surface area contributed by atoms with Crippen molar-refractivity contribution in [2.75, 3.05) is 13.1 Å². The van der Waals surface area contributed by atoms with Gasteiger partial charge in [-0.3, -0.25) is 9.78 Å². The normalized spacial score (nSPS) is 16.8. The van der Waals surface area contributed by atoms with Crippen LogP contribution in [0.15, 0.2) is 48.8 Å². The van der Waals surface area contributed by atoms with Gasteiger partial charge in [0.15, 0.2) is 0 Å². The fraction of sp³-hybridized carbons (Fsp3) is 0.400. The number of rotatable bonds is 4. The van der Waals surface area contributed by atoms with Gasteiger partial charge in [-0.1, -0.05) is 36.7 Å². The van der Waals surface area contributed by atoms with E-state index in [1.807, 2.05) is 47.5 Å². The van der Waals surface area contributed by atoms with Gasteiger partial charge in [0, 0.05) is 30.5 Å². The van der Waals surface area contributed by atoms with Crippen molar-refractivity contribution in [3.63, 3.8) is 0 Å². The highest BCUT2D eigenvalue weighted by Crippen LogP contribution is 2.27. The second-order valence-corrected chi connectivity index (χ2v) is 7.11. The van der Waals surface area contributed by atoms with Crippen molar-refractivity contribution in [3.05, 3.63) is 64.9 Å². The Kier molecular flexibility index (Phi) is 5.52. The molecule has 126 valence electrons. The van der Waals surface area contributed by atoms with Crippen LogP contribution in [0.4, 0.5) is 0 Å². The molecule has 1 aliphatic rings. The van der Waals surface area contributed by atoms with Crippen molar-refractivity contribution in [2.24, 2.45) is 5.92 Å². The number of aromatic nitrogens is 1. The zero-order chi connectivity index (χ0) is 16.9. The highest BCUT2D eigenvalue weighted by atomic mass is 35.5. The second-order valence-electron chi connectivity index (χ2n) is 6.68. The molecular weight excluding hydrogens is 320 g/mol. The third kappa shape index (κ3) is 4.15. The Bertz CT molecular complexity index is 664. The fourth-order valence-electron chi connectivity index (χ4n) is 3.25. The molecule has 2 heterocycles. The van der Waals surface area contributed by atoms with Crippen molar-refractivity contribution in [1.82, 2.24) is 9.88 Å². The molecule has 1 unspecified atom stereocenters. The highest BCUT2D eigenvalue weighted by molar-refractivity contribution is 6.30. The van der Waals surface area contributed by atoms with Gasteiger partial charge in [-0.15, -0.1) is 0 Å². The topological polar surface area (TPSA) is 33.2 Å². The van der Waals surface area contributed by atoms with Crippen molar-refractivity contribution < 1.29 is 4.79 Å². The summed E-state index contributed by atoms with van der Waals surface area (Å²) in [6.45, 7) is 3.97. The highest BCUT2D eigenvalue weighted by Gasteiger charge is 2.28. The summed E-state index contributed by atoms with van der Waals surface area (Å²) in [4.78, 5) is 19.4. The van der Waals surface area contributed by atoms with E-state index in [0.717, 1.165) is 37.1 Å². The molecule has 2 aromatic rings. The maximum absolute atomic E-state index is 13.2. The summed E-state index contributed by atoms with van der Waals surface area (Å²) in [6, 6.07) is 11.6. The van der Waals surface area contributed by atoms with Crippen LogP contribution in [-0.4, -0.2) is 28.9 Å². The Morgan fingerprint density at radius 3 is 2.58 bits per heavy atom. The van der Waals surface area contributed by atoms with Crippen LogP contribution in [0, 0.1) is 5.92 Å². The molecule has 0 radical (unpaired) electrons.